The summed E-state index contributed by atoms with van der Waals surface area (Å²) in [6.45, 7) is 6.50. The van der Waals surface area contributed by atoms with Gasteiger partial charge < -0.3 is 9.72 Å². The molecule has 0 saturated carbocycles. The van der Waals surface area contributed by atoms with Crippen LogP contribution < -0.4 is 0 Å². The second kappa shape index (κ2) is 6.00. The van der Waals surface area contributed by atoms with Crippen LogP contribution in [0.4, 0.5) is 0 Å². The predicted molar refractivity (Wildman–Crippen MR) is 83.7 cm³/mol. The molecule has 2 atom stereocenters. The molecule has 0 radical (unpaired) electrons. The lowest BCUT2D eigenvalue weighted by Crippen LogP contribution is -2.49. The van der Waals surface area contributed by atoms with Crippen molar-refractivity contribution < 1.29 is 9.53 Å². The number of hydrogen-bond donors (Lipinski definition) is 1. The van der Waals surface area contributed by atoms with Gasteiger partial charge in [-0.3, -0.25) is 9.69 Å². The van der Waals surface area contributed by atoms with Gasteiger partial charge in [-0.15, -0.1) is 0 Å². The third-order valence-corrected chi connectivity index (χ3v) is 4.41. The molecule has 1 aromatic carbocycles. The van der Waals surface area contributed by atoms with Gasteiger partial charge in [0.15, 0.2) is 5.78 Å². The van der Waals surface area contributed by atoms with E-state index in [2.05, 4.69) is 16.8 Å². The number of nitrogens with zero attached hydrogens (tertiary/aromatic N) is 1. The fourth-order valence-corrected chi connectivity index (χ4v) is 3.01. The standard InChI is InChI=1S/C17H22N2O2/c1-3-13-11-19(8-9-21-13)12(2)17(20)15-10-18-16-7-5-4-6-14(15)16/h4-7,10,12-13,18H,3,8-9,11H2,1-2H3/t12-,13-/m1/s1. The lowest BCUT2D eigenvalue weighted by Gasteiger charge is -2.35. The number of carbonyl (C=O) groups excluding carboxylic acids is 1. The maximum Gasteiger partial charge on any atom is 0.181 e. The van der Waals surface area contributed by atoms with Gasteiger partial charge in [-0.1, -0.05) is 25.1 Å². The van der Waals surface area contributed by atoms with Crippen molar-refractivity contribution in [3.8, 4) is 0 Å². The van der Waals surface area contributed by atoms with E-state index >= 15 is 0 Å². The molecule has 1 saturated heterocycles. The molecule has 0 amide bonds. The van der Waals surface area contributed by atoms with Crippen LogP contribution in [0.25, 0.3) is 10.9 Å². The van der Waals surface area contributed by atoms with Crippen molar-refractivity contribution in [2.24, 2.45) is 0 Å². The number of aromatic nitrogens is 1. The predicted octanol–water partition coefficient (Wildman–Crippen LogP) is 2.85. The van der Waals surface area contributed by atoms with Gasteiger partial charge in [-0.2, -0.15) is 0 Å². The highest BCUT2D eigenvalue weighted by Crippen LogP contribution is 2.21. The SMILES string of the molecule is CC[C@@H]1CN([C@H](C)C(=O)c2c[nH]c3ccccc23)CCO1. The number of H-pyrrole nitrogens is 1. The normalized spacial score (nSPS) is 21.5. The summed E-state index contributed by atoms with van der Waals surface area (Å²) >= 11 is 0. The van der Waals surface area contributed by atoms with E-state index in [0.29, 0.717) is 6.61 Å². The highest BCUT2D eigenvalue weighted by Gasteiger charge is 2.28. The number of rotatable bonds is 4. The molecule has 0 aliphatic carbocycles. The molecular formula is C17H22N2O2. The Morgan fingerprint density at radius 2 is 2.29 bits per heavy atom. The average molecular weight is 286 g/mol. The quantitative estimate of drug-likeness (QED) is 0.879. The van der Waals surface area contributed by atoms with Gasteiger partial charge in [0, 0.05) is 35.8 Å². The zero-order valence-electron chi connectivity index (χ0n) is 12.6. The average Bonchev–Trinajstić information content (AvgIpc) is 2.97. The van der Waals surface area contributed by atoms with E-state index in [4.69, 9.17) is 4.74 Å². The first kappa shape index (κ1) is 14.3. The van der Waals surface area contributed by atoms with Gasteiger partial charge in [-0.05, 0) is 19.4 Å². The number of hydrogen-bond acceptors (Lipinski definition) is 3. The Morgan fingerprint density at radius 3 is 3.10 bits per heavy atom. The minimum atomic E-state index is -0.109. The summed E-state index contributed by atoms with van der Waals surface area (Å²) in [5.41, 5.74) is 1.80. The minimum absolute atomic E-state index is 0.109. The fourth-order valence-electron chi connectivity index (χ4n) is 3.01. The molecule has 112 valence electrons. The van der Waals surface area contributed by atoms with Crippen LogP contribution in [0.3, 0.4) is 0 Å². The molecule has 3 rings (SSSR count). The summed E-state index contributed by atoms with van der Waals surface area (Å²) in [4.78, 5) is 18.2. The number of ether oxygens (including phenoxy) is 1. The third-order valence-electron chi connectivity index (χ3n) is 4.41. The second-order valence-electron chi connectivity index (χ2n) is 5.68. The van der Waals surface area contributed by atoms with E-state index < -0.39 is 0 Å². The number of aromatic amines is 1. The number of benzene rings is 1. The van der Waals surface area contributed by atoms with Crippen LogP contribution in [-0.2, 0) is 4.74 Å². The van der Waals surface area contributed by atoms with Gasteiger partial charge in [0.2, 0.25) is 0 Å². The fraction of sp³-hybridized carbons (Fsp3) is 0.471. The number of morpholine rings is 1. The Morgan fingerprint density at radius 1 is 1.48 bits per heavy atom. The number of fused-ring (bicyclic) bond motifs is 1. The molecule has 0 unspecified atom stereocenters. The van der Waals surface area contributed by atoms with Crippen molar-refractivity contribution in [2.45, 2.75) is 32.4 Å². The van der Waals surface area contributed by atoms with Crippen LogP contribution in [0.15, 0.2) is 30.5 Å². The first-order valence-corrected chi connectivity index (χ1v) is 7.66. The van der Waals surface area contributed by atoms with Crippen molar-refractivity contribution in [2.75, 3.05) is 19.7 Å². The van der Waals surface area contributed by atoms with E-state index in [1.54, 1.807) is 0 Å². The maximum atomic E-state index is 12.8. The molecule has 2 heterocycles. The second-order valence-corrected chi connectivity index (χ2v) is 5.68. The largest absolute Gasteiger partial charge is 0.376 e. The molecule has 2 aromatic rings. The molecule has 4 nitrogen and oxygen atoms in total. The summed E-state index contributed by atoms with van der Waals surface area (Å²) in [5, 5.41) is 1.01. The number of nitrogens with one attached hydrogen (secondary N) is 1. The Balaban J connectivity index is 1.81. The van der Waals surface area contributed by atoms with Crippen LogP contribution in [0, 0.1) is 0 Å². The lowest BCUT2D eigenvalue weighted by molar-refractivity contribution is -0.0381. The summed E-state index contributed by atoms with van der Waals surface area (Å²) in [5.74, 6) is 0.184. The smallest absolute Gasteiger partial charge is 0.181 e. The Hall–Kier alpha value is -1.65. The maximum absolute atomic E-state index is 12.8. The van der Waals surface area contributed by atoms with E-state index in [0.717, 1.165) is 36.0 Å². The number of Topliss-reactive ketones (excluding diaryl/α,β-unsaturated/α-hetero) is 1. The van der Waals surface area contributed by atoms with Crippen molar-refractivity contribution in [1.29, 1.82) is 0 Å². The zero-order chi connectivity index (χ0) is 14.8. The van der Waals surface area contributed by atoms with Crippen molar-refractivity contribution >= 4 is 16.7 Å². The van der Waals surface area contributed by atoms with Crippen LogP contribution in [-0.4, -0.2) is 47.5 Å². The molecule has 21 heavy (non-hydrogen) atoms. The lowest BCUT2D eigenvalue weighted by atomic mass is 10.0. The van der Waals surface area contributed by atoms with Crippen molar-refractivity contribution in [1.82, 2.24) is 9.88 Å². The van der Waals surface area contributed by atoms with Crippen molar-refractivity contribution in [3.05, 3.63) is 36.0 Å². The molecule has 4 heteroatoms. The number of para-hydroxylation sites is 1. The van der Waals surface area contributed by atoms with Gasteiger partial charge in [0.05, 0.1) is 18.8 Å². The Labute approximate surface area is 125 Å². The first-order valence-electron chi connectivity index (χ1n) is 7.66. The van der Waals surface area contributed by atoms with Gasteiger partial charge in [0.25, 0.3) is 0 Å². The Bertz CT molecular complexity index is 635. The highest BCUT2D eigenvalue weighted by molar-refractivity contribution is 6.10. The summed E-state index contributed by atoms with van der Waals surface area (Å²) in [6, 6.07) is 7.84. The number of ketones is 1. The number of carbonyl (C=O) groups is 1. The zero-order valence-corrected chi connectivity index (χ0v) is 12.6. The topological polar surface area (TPSA) is 45.3 Å². The van der Waals surface area contributed by atoms with Crippen molar-refractivity contribution in [3.63, 3.8) is 0 Å². The molecule has 1 fully saturated rings. The summed E-state index contributed by atoms with van der Waals surface area (Å²) in [6.07, 6.45) is 3.07. The van der Waals surface area contributed by atoms with Gasteiger partial charge in [0.1, 0.15) is 0 Å². The van der Waals surface area contributed by atoms with Crippen LogP contribution >= 0.6 is 0 Å². The molecule has 1 aromatic heterocycles. The molecule has 0 spiro atoms. The molecular weight excluding hydrogens is 264 g/mol. The van der Waals surface area contributed by atoms with Crippen LogP contribution in [0.1, 0.15) is 30.6 Å². The molecule has 1 aliphatic rings. The third kappa shape index (κ3) is 2.74. The van der Waals surface area contributed by atoms with Crippen LogP contribution in [0.5, 0.6) is 0 Å². The van der Waals surface area contributed by atoms with Gasteiger partial charge >= 0.3 is 0 Å². The van der Waals surface area contributed by atoms with E-state index in [1.807, 2.05) is 37.4 Å². The first-order chi connectivity index (χ1) is 10.2. The summed E-state index contributed by atoms with van der Waals surface area (Å²) in [7, 11) is 0. The van der Waals surface area contributed by atoms with E-state index in [9.17, 15) is 4.79 Å². The monoisotopic (exact) mass is 286 g/mol. The molecule has 0 bridgehead atoms. The van der Waals surface area contributed by atoms with E-state index in [1.165, 1.54) is 0 Å². The molecule has 1 N–H and O–H groups in total. The van der Waals surface area contributed by atoms with Gasteiger partial charge in [-0.25, -0.2) is 0 Å². The minimum Gasteiger partial charge on any atom is -0.376 e. The highest BCUT2D eigenvalue weighted by atomic mass is 16.5. The Kier molecular flexibility index (Phi) is 4.08. The molecule has 1 aliphatic heterocycles. The van der Waals surface area contributed by atoms with E-state index in [-0.39, 0.29) is 17.9 Å². The van der Waals surface area contributed by atoms with Crippen LogP contribution in [0.2, 0.25) is 0 Å². The summed E-state index contributed by atoms with van der Waals surface area (Å²) < 4.78 is 5.69.